The molecule has 51 heavy (non-hydrogen) atoms. The Hall–Kier alpha value is -3.00. The van der Waals surface area contributed by atoms with E-state index in [1.165, 1.54) is 11.3 Å². The lowest BCUT2D eigenvalue weighted by Gasteiger charge is -2.65. The zero-order valence-corrected chi connectivity index (χ0v) is 31.8. The number of ether oxygens (including phenoxy) is 1. The predicted octanol–water partition coefficient (Wildman–Crippen LogP) is 7.82. The molecule has 1 aromatic heterocycles. The minimum atomic E-state index is -0.845. The molecule has 3 heterocycles. The Morgan fingerprint density at radius 2 is 1.80 bits per heavy atom. The summed E-state index contributed by atoms with van der Waals surface area (Å²) in [7, 11) is 0. The van der Waals surface area contributed by atoms with Crippen molar-refractivity contribution in [2.24, 2.45) is 28.6 Å². The van der Waals surface area contributed by atoms with Gasteiger partial charge < -0.3 is 24.8 Å². The second-order valence-electron chi connectivity index (χ2n) is 19.4. The fraction of sp³-hybridized carbons (Fsp3) is 0.636. The van der Waals surface area contributed by atoms with Crippen LogP contribution in [0.15, 0.2) is 36.4 Å². The van der Waals surface area contributed by atoms with Gasteiger partial charge >= 0.3 is 0 Å². The topological polar surface area (TPSA) is 101 Å². The summed E-state index contributed by atoms with van der Waals surface area (Å²) in [4.78, 5) is 27.5. The van der Waals surface area contributed by atoms with E-state index in [-0.39, 0.29) is 39.8 Å². The quantitative estimate of drug-likeness (QED) is 0.219. The summed E-state index contributed by atoms with van der Waals surface area (Å²) in [6.07, 6.45) is 12.0. The van der Waals surface area contributed by atoms with Gasteiger partial charge in [0.2, 0.25) is 5.91 Å². The first-order chi connectivity index (χ1) is 23.9. The van der Waals surface area contributed by atoms with Crippen molar-refractivity contribution < 1.29 is 24.5 Å². The fourth-order valence-electron chi connectivity index (χ4n) is 13.1. The van der Waals surface area contributed by atoms with Crippen LogP contribution < -0.4 is 5.32 Å². The Balaban J connectivity index is 1.22. The number of nitrogens with one attached hydrogen (secondary N) is 1. The molecule has 3 fully saturated rings. The number of Topliss-reactive ketones (excluding diaryl/α,β-unsaturated/α-hetero) is 1. The molecule has 7 nitrogen and oxygen atoms in total. The van der Waals surface area contributed by atoms with Gasteiger partial charge in [0.15, 0.2) is 5.78 Å². The zero-order chi connectivity index (χ0) is 36.4. The number of hydrogen-bond donors (Lipinski definition) is 3. The third-order valence-corrected chi connectivity index (χ3v) is 15.5. The molecule has 9 atom stereocenters. The number of nitrogens with zero attached hydrogens (tertiary/aromatic N) is 1. The maximum Gasteiger partial charge on any atom is 0.243 e. The molecule has 0 spiro atoms. The fourth-order valence-corrected chi connectivity index (χ4v) is 13.1. The Bertz CT molecular complexity index is 2010. The number of aliphatic hydroxyl groups excluding tert-OH is 2. The average molecular weight is 693 g/mol. The van der Waals surface area contributed by atoms with Crippen LogP contribution in [-0.4, -0.2) is 49.8 Å². The van der Waals surface area contributed by atoms with Crippen LogP contribution in [0.3, 0.4) is 0 Å². The van der Waals surface area contributed by atoms with Crippen LogP contribution in [0.2, 0.25) is 0 Å². The number of fused-ring (bicyclic) bond motifs is 11. The summed E-state index contributed by atoms with van der Waals surface area (Å²) in [5, 5.41) is 28.1. The number of rotatable bonds is 5. The maximum absolute atomic E-state index is 14.9. The van der Waals surface area contributed by atoms with Crippen molar-refractivity contribution >= 4 is 28.2 Å². The summed E-state index contributed by atoms with van der Waals surface area (Å²) < 4.78 is 8.91. The van der Waals surface area contributed by atoms with Gasteiger partial charge in [-0.25, -0.2) is 0 Å². The molecule has 2 aromatic rings. The highest BCUT2D eigenvalue weighted by atomic mass is 16.5. The normalized spacial score (nSPS) is 39.7. The van der Waals surface area contributed by atoms with Gasteiger partial charge in [-0.2, -0.15) is 0 Å². The van der Waals surface area contributed by atoms with Gasteiger partial charge in [-0.1, -0.05) is 39.0 Å². The smallest absolute Gasteiger partial charge is 0.243 e. The monoisotopic (exact) mass is 692 g/mol. The van der Waals surface area contributed by atoms with E-state index >= 15 is 0 Å². The van der Waals surface area contributed by atoms with E-state index in [9.17, 15) is 19.8 Å². The summed E-state index contributed by atoms with van der Waals surface area (Å²) >= 11 is 0. The number of aliphatic hydroxyl groups is 2. The van der Waals surface area contributed by atoms with Crippen molar-refractivity contribution in [3.05, 3.63) is 64.4 Å². The summed E-state index contributed by atoms with van der Waals surface area (Å²) in [5.74, 6) is 0.384. The van der Waals surface area contributed by atoms with E-state index in [0.29, 0.717) is 30.4 Å². The molecule has 3 N–H and O–H groups in total. The minimum Gasteiger partial charge on any atom is -0.393 e. The highest BCUT2D eigenvalue weighted by Gasteiger charge is 2.68. The number of carbonyl (C=O) groups is 2. The first-order valence-electron chi connectivity index (χ1n) is 19.6. The van der Waals surface area contributed by atoms with Gasteiger partial charge in [-0.05, 0) is 138 Å². The molecule has 0 unspecified atom stereocenters. The third kappa shape index (κ3) is 4.23. The lowest BCUT2D eigenvalue weighted by atomic mass is 9.40. The van der Waals surface area contributed by atoms with Gasteiger partial charge in [0.25, 0.3) is 0 Å². The number of amides is 1. The lowest BCUT2D eigenvalue weighted by molar-refractivity contribution is -0.163. The summed E-state index contributed by atoms with van der Waals surface area (Å²) in [5.41, 5.74) is 6.06. The molecule has 9 rings (SSSR count). The molecule has 5 aliphatic carbocycles. The van der Waals surface area contributed by atoms with Crippen LogP contribution in [-0.2, 0) is 21.4 Å². The van der Waals surface area contributed by atoms with Crippen LogP contribution >= 0.6 is 0 Å². The Labute approximate surface area is 302 Å². The van der Waals surface area contributed by atoms with E-state index in [2.05, 4.69) is 77.1 Å². The molecule has 0 bridgehead atoms. The highest BCUT2D eigenvalue weighted by molar-refractivity contribution is 6.18. The van der Waals surface area contributed by atoms with Gasteiger partial charge in [-0.3, -0.25) is 9.59 Å². The zero-order valence-electron chi connectivity index (χ0n) is 31.8. The molecule has 272 valence electrons. The van der Waals surface area contributed by atoms with Gasteiger partial charge in [0.1, 0.15) is 6.04 Å². The molecule has 7 aliphatic rings. The van der Waals surface area contributed by atoms with Crippen LogP contribution in [0.5, 0.6) is 0 Å². The number of hydrogen-bond acceptors (Lipinski definition) is 5. The van der Waals surface area contributed by atoms with E-state index < -0.39 is 29.5 Å². The number of benzene rings is 1. The molecule has 1 aromatic carbocycles. The first-order valence-corrected chi connectivity index (χ1v) is 19.6. The molecule has 3 saturated carbocycles. The standard InChI is InChI=1S/C44H56N2O5/c1-22(2)35-38(50)33-32-25(28-21-40(3,4)51-41(5,6)34(28)37(32)49)20-26-27-19-23-12-15-29-42(7,17-10-11-31(48)45-24-13-14-24)30(47)16-18-43(29,8)44(23,9)39(27)46(35)36(26)33/h10-11,20-21,23-24,29-30,34-35,37,47,49H,1,12-19H2,2-9H3,(H,45,48)/b11-10+/t23-,29-,30-,34+,35-,37+,42-,43-,44+/m0/s1. The second-order valence-corrected chi connectivity index (χ2v) is 19.4. The average Bonchev–Trinajstić information content (AvgIpc) is 3.50. The lowest BCUT2D eigenvalue weighted by Crippen LogP contribution is -2.62. The van der Waals surface area contributed by atoms with Crippen molar-refractivity contribution in [3.8, 4) is 0 Å². The molecular formula is C44H56N2O5. The SMILES string of the molecule is C=C(C)[C@H]1C(=O)c2c3c(cc4c5c(n1c24)[C@@]1(C)[C@@H](CC[C@H]2[C@](C)(C/C=C/C(=O)NC4CC4)[C@@H](O)CC[C@@]21C)C5)C1=CC(C)(C)OC(C)(C)[C@H]1[C@@H]3O. The molecule has 1 amide bonds. The number of aromatic nitrogens is 1. The molecule has 7 heteroatoms. The molecule has 0 radical (unpaired) electrons. The van der Waals surface area contributed by atoms with E-state index in [0.717, 1.165) is 71.7 Å². The minimum absolute atomic E-state index is 0.0357. The van der Waals surface area contributed by atoms with Crippen molar-refractivity contribution in [2.75, 3.05) is 0 Å². The largest absolute Gasteiger partial charge is 0.393 e. The third-order valence-electron chi connectivity index (χ3n) is 15.5. The first kappa shape index (κ1) is 33.8. The van der Waals surface area contributed by atoms with Crippen molar-refractivity contribution in [1.82, 2.24) is 9.88 Å². The Kier molecular flexibility index (Phi) is 6.87. The molecule has 2 aliphatic heterocycles. The predicted molar refractivity (Wildman–Crippen MR) is 199 cm³/mol. The highest BCUT2D eigenvalue weighted by Crippen LogP contribution is 2.72. The van der Waals surface area contributed by atoms with Crippen LogP contribution in [0.1, 0.15) is 145 Å². The van der Waals surface area contributed by atoms with E-state index in [1.54, 1.807) is 6.08 Å². The van der Waals surface area contributed by atoms with Crippen molar-refractivity contribution in [2.45, 2.75) is 148 Å². The number of carbonyl (C=O) groups excluding carboxylic acids is 2. The van der Waals surface area contributed by atoms with Gasteiger partial charge in [-0.15, -0.1) is 0 Å². The molecule has 0 saturated heterocycles. The summed E-state index contributed by atoms with van der Waals surface area (Å²) in [6.45, 7) is 21.9. The Morgan fingerprint density at radius 3 is 2.49 bits per heavy atom. The van der Waals surface area contributed by atoms with Crippen molar-refractivity contribution in [3.63, 3.8) is 0 Å². The van der Waals surface area contributed by atoms with E-state index in [1.807, 2.05) is 13.0 Å². The second kappa shape index (κ2) is 10.4. The van der Waals surface area contributed by atoms with Gasteiger partial charge in [0.05, 0.1) is 34.5 Å². The van der Waals surface area contributed by atoms with E-state index in [4.69, 9.17) is 4.74 Å². The Morgan fingerprint density at radius 1 is 1.08 bits per heavy atom. The van der Waals surface area contributed by atoms with Crippen LogP contribution in [0, 0.1) is 28.6 Å². The van der Waals surface area contributed by atoms with Gasteiger partial charge in [0, 0.05) is 39.4 Å². The number of allylic oxidation sites excluding steroid dienone is 2. The number of ketones is 1. The van der Waals surface area contributed by atoms with Crippen LogP contribution in [0.4, 0.5) is 0 Å². The van der Waals surface area contributed by atoms with Crippen molar-refractivity contribution in [1.29, 1.82) is 0 Å². The summed E-state index contributed by atoms with van der Waals surface area (Å²) in [6, 6.07) is 2.11. The maximum atomic E-state index is 14.9. The van der Waals surface area contributed by atoms with Crippen LogP contribution in [0.25, 0.3) is 16.5 Å². The molecular weight excluding hydrogens is 636 g/mol.